The van der Waals surface area contributed by atoms with Crippen molar-refractivity contribution >= 4 is 11.8 Å². The number of ketones is 1. The summed E-state index contributed by atoms with van der Waals surface area (Å²) in [4.78, 5) is 23.4. The Morgan fingerprint density at radius 2 is 1.70 bits per heavy atom. The van der Waals surface area contributed by atoms with E-state index in [-0.39, 0.29) is 18.3 Å². The van der Waals surface area contributed by atoms with E-state index in [1.165, 1.54) is 0 Å². The summed E-state index contributed by atoms with van der Waals surface area (Å²) in [6, 6.07) is 14.8. The van der Waals surface area contributed by atoms with Crippen LogP contribution in [0.1, 0.15) is 53.3 Å². The van der Waals surface area contributed by atoms with E-state index in [2.05, 4.69) is 0 Å². The van der Waals surface area contributed by atoms with Gasteiger partial charge in [0.1, 0.15) is 11.9 Å². The molecule has 0 fully saturated rings. The van der Waals surface area contributed by atoms with Crippen LogP contribution in [-0.4, -0.2) is 16.9 Å². The van der Waals surface area contributed by atoms with Gasteiger partial charge in [0.15, 0.2) is 5.78 Å². The Labute approximate surface area is 134 Å². The van der Waals surface area contributed by atoms with Gasteiger partial charge in [-0.05, 0) is 31.4 Å². The van der Waals surface area contributed by atoms with Crippen LogP contribution < -0.4 is 4.74 Å². The summed E-state index contributed by atoms with van der Waals surface area (Å²) >= 11 is 0. The fourth-order valence-corrected chi connectivity index (χ4v) is 2.92. The van der Waals surface area contributed by atoms with Crippen molar-refractivity contribution in [1.82, 2.24) is 0 Å². The van der Waals surface area contributed by atoms with Gasteiger partial charge in [-0.1, -0.05) is 36.4 Å². The maximum absolute atomic E-state index is 12.7. The highest BCUT2D eigenvalue weighted by Crippen LogP contribution is 2.36. The van der Waals surface area contributed by atoms with Crippen molar-refractivity contribution in [2.24, 2.45) is 0 Å². The summed E-state index contributed by atoms with van der Waals surface area (Å²) in [5, 5.41) is 8.74. The summed E-state index contributed by atoms with van der Waals surface area (Å²) < 4.78 is 6.09. The molecule has 4 heteroatoms. The van der Waals surface area contributed by atoms with Crippen molar-refractivity contribution in [1.29, 1.82) is 0 Å². The zero-order chi connectivity index (χ0) is 16.2. The predicted molar refractivity (Wildman–Crippen MR) is 85.8 cm³/mol. The number of carboxylic acids is 1. The quantitative estimate of drug-likeness (QED) is 0.848. The van der Waals surface area contributed by atoms with Crippen LogP contribution in [0.2, 0.25) is 0 Å². The third kappa shape index (κ3) is 3.26. The Morgan fingerprint density at radius 1 is 1.00 bits per heavy atom. The molecule has 3 rings (SSSR count). The maximum atomic E-state index is 12.7. The van der Waals surface area contributed by atoms with Crippen molar-refractivity contribution in [3.63, 3.8) is 0 Å². The first-order chi connectivity index (χ1) is 11.2. The second kappa shape index (κ2) is 6.65. The molecule has 0 radical (unpaired) electrons. The Kier molecular flexibility index (Phi) is 4.42. The molecule has 1 unspecified atom stereocenters. The van der Waals surface area contributed by atoms with Gasteiger partial charge < -0.3 is 9.84 Å². The molecule has 118 valence electrons. The smallest absolute Gasteiger partial charge is 0.303 e. The zero-order valence-corrected chi connectivity index (χ0v) is 12.7. The molecule has 0 saturated carbocycles. The van der Waals surface area contributed by atoms with Crippen LogP contribution in [0, 0.1) is 0 Å². The summed E-state index contributed by atoms with van der Waals surface area (Å²) in [6.45, 7) is 0. The lowest BCUT2D eigenvalue weighted by atomic mass is 9.94. The summed E-state index contributed by atoms with van der Waals surface area (Å²) in [7, 11) is 0. The normalized spacial score (nSPS) is 16.0. The molecule has 0 saturated heterocycles. The molecule has 4 nitrogen and oxygen atoms in total. The second-order valence-corrected chi connectivity index (χ2v) is 5.66. The van der Waals surface area contributed by atoms with Crippen LogP contribution in [0.25, 0.3) is 0 Å². The van der Waals surface area contributed by atoms with Crippen LogP contribution in [0.3, 0.4) is 0 Å². The number of carbonyl (C=O) groups is 2. The lowest BCUT2D eigenvalue weighted by Crippen LogP contribution is -2.09. The number of fused-ring (bicyclic) bond motifs is 2. The molecule has 2 aromatic carbocycles. The topological polar surface area (TPSA) is 63.6 Å². The molecule has 1 heterocycles. The number of carboxylic acid groups (broad SMARTS) is 1. The first kappa shape index (κ1) is 15.3. The van der Waals surface area contributed by atoms with E-state index in [1.54, 1.807) is 6.07 Å². The van der Waals surface area contributed by atoms with Crippen LogP contribution in [-0.2, 0) is 4.79 Å². The fraction of sp³-hybridized carbons (Fsp3) is 0.263. The average molecular weight is 310 g/mol. The van der Waals surface area contributed by atoms with Gasteiger partial charge in [0, 0.05) is 17.5 Å². The van der Waals surface area contributed by atoms with Gasteiger partial charge in [0.2, 0.25) is 0 Å². The molecule has 1 N–H and O–H groups in total. The molecule has 0 bridgehead atoms. The van der Waals surface area contributed by atoms with Crippen LogP contribution in [0.4, 0.5) is 0 Å². The second-order valence-electron chi connectivity index (χ2n) is 5.66. The van der Waals surface area contributed by atoms with E-state index in [9.17, 15) is 9.59 Å². The van der Waals surface area contributed by atoms with Gasteiger partial charge in [-0.2, -0.15) is 0 Å². The van der Waals surface area contributed by atoms with E-state index in [0.717, 1.165) is 12.0 Å². The molecule has 0 amide bonds. The van der Waals surface area contributed by atoms with E-state index >= 15 is 0 Å². The van der Waals surface area contributed by atoms with Crippen LogP contribution in [0.5, 0.6) is 5.75 Å². The standard InChI is InChI=1S/C19H18O4/c20-18(21)12-6-5-10-16-13-7-1-2-8-14(13)19(22)15-9-3-4-11-17(15)23-16/h1-4,7-9,11,16H,5-6,10,12H2,(H,20,21). The Balaban J connectivity index is 1.89. The average Bonchev–Trinajstić information content (AvgIpc) is 2.68. The highest BCUT2D eigenvalue weighted by atomic mass is 16.5. The van der Waals surface area contributed by atoms with Gasteiger partial charge in [-0.15, -0.1) is 0 Å². The largest absolute Gasteiger partial charge is 0.485 e. The van der Waals surface area contributed by atoms with Crippen molar-refractivity contribution in [3.8, 4) is 5.75 Å². The number of hydrogen-bond donors (Lipinski definition) is 1. The van der Waals surface area contributed by atoms with Gasteiger partial charge in [-0.25, -0.2) is 0 Å². The van der Waals surface area contributed by atoms with Gasteiger partial charge in [0.05, 0.1) is 5.56 Å². The minimum Gasteiger partial charge on any atom is -0.485 e. The lowest BCUT2D eigenvalue weighted by molar-refractivity contribution is -0.137. The first-order valence-corrected chi connectivity index (χ1v) is 7.78. The van der Waals surface area contributed by atoms with E-state index in [0.29, 0.717) is 29.7 Å². The number of rotatable bonds is 5. The molecular formula is C19H18O4. The van der Waals surface area contributed by atoms with Gasteiger partial charge >= 0.3 is 5.97 Å². The molecular weight excluding hydrogens is 292 g/mol. The predicted octanol–water partition coefficient (Wildman–Crippen LogP) is 4.00. The van der Waals surface area contributed by atoms with Crippen LogP contribution >= 0.6 is 0 Å². The number of para-hydroxylation sites is 1. The SMILES string of the molecule is O=C(O)CCCCC1Oc2ccccc2C(=O)c2ccccc21. The van der Waals surface area contributed by atoms with E-state index in [4.69, 9.17) is 9.84 Å². The van der Waals surface area contributed by atoms with Crippen molar-refractivity contribution in [2.45, 2.75) is 31.8 Å². The van der Waals surface area contributed by atoms with Crippen molar-refractivity contribution < 1.29 is 19.4 Å². The molecule has 1 aliphatic heterocycles. The first-order valence-electron chi connectivity index (χ1n) is 7.78. The summed E-state index contributed by atoms with van der Waals surface area (Å²) in [5.41, 5.74) is 2.12. The lowest BCUT2D eigenvalue weighted by Gasteiger charge is -2.19. The minimum atomic E-state index is -0.785. The molecule has 0 aromatic heterocycles. The molecule has 2 aromatic rings. The number of ether oxygens (including phenoxy) is 1. The van der Waals surface area contributed by atoms with Crippen molar-refractivity contribution in [2.75, 3.05) is 0 Å². The maximum Gasteiger partial charge on any atom is 0.303 e. The number of unbranched alkanes of at least 4 members (excludes halogenated alkanes) is 1. The molecule has 23 heavy (non-hydrogen) atoms. The highest BCUT2D eigenvalue weighted by Gasteiger charge is 2.27. The molecule has 1 atom stereocenters. The number of aliphatic carboxylic acids is 1. The Hall–Kier alpha value is -2.62. The minimum absolute atomic E-state index is 0.0239. The third-order valence-electron chi connectivity index (χ3n) is 4.06. The van der Waals surface area contributed by atoms with E-state index in [1.807, 2.05) is 42.5 Å². The Morgan fingerprint density at radius 3 is 2.48 bits per heavy atom. The fourth-order valence-electron chi connectivity index (χ4n) is 2.92. The zero-order valence-electron chi connectivity index (χ0n) is 12.7. The van der Waals surface area contributed by atoms with Crippen LogP contribution in [0.15, 0.2) is 48.5 Å². The molecule has 0 spiro atoms. The number of hydrogen-bond acceptors (Lipinski definition) is 3. The molecule has 1 aliphatic rings. The van der Waals surface area contributed by atoms with Crippen molar-refractivity contribution in [3.05, 3.63) is 65.2 Å². The number of carbonyl (C=O) groups excluding carboxylic acids is 1. The van der Waals surface area contributed by atoms with Gasteiger partial charge in [0.25, 0.3) is 0 Å². The Bertz CT molecular complexity index is 736. The third-order valence-corrected chi connectivity index (χ3v) is 4.06. The monoisotopic (exact) mass is 310 g/mol. The van der Waals surface area contributed by atoms with E-state index < -0.39 is 5.97 Å². The number of benzene rings is 2. The summed E-state index contributed by atoms with van der Waals surface area (Å²) in [6.07, 6.45) is 1.96. The summed E-state index contributed by atoms with van der Waals surface area (Å²) in [5.74, 6) is -0.214. The van der Waals surface area contributed by atoms with Gasteiger partial charge in [-0.3, -0.25) is 9.59 Å². The molecule has 0 aliphatic carbocycles. The highest BCUT2D eigenvalue weighted by molar-refractivity contribution is 6.12.